The van der Waals surface area contributed by atoms with E-state index in [1.807, 2.05) is 30.3 Å². The maximum Gasteiger partial charge on any atom is 0.408 e. The number of alkyl carbamates (subject to hydrolysis) is 1. The summed E-state index contributed by atoms with van der Waals surface area (Å²) in [6.07, 6.45) is -5.64. The number of alkyl halides is 2. The van der Waals surface area contributed by atoms with Crippen molar-refractivity contribution in [3.63, 3.8) is 0 Å². The van der Waals surface area contributed by atoms with Gasteiger partial charge in [0, 0.05) is 13.1 Å². The van der Waals surface area contributed by atoms with Crippen molar-refractivity contribution in [2.24, 2.45) is 11.8 Å². The largest absolute Gasteiger partial charge is 0.454 e. The van der Waals surface area contributed by atoms with Crippen molar-refractivity contribution in [3.05, 3.63) is 35.9 Å². The third-order valence-electron chi connectivity index (χ3n) is 5.05. The average molecular weight is 455 g/mol. The molecule has 0 radical (unpaired) electrons. The number of ether oxygens (including phenoxy) is 2. The smallest absolute Gasteiger partial charge is 0.408 e. The predicted molar refractivity (Wildman–Crippen MR) is 114 cm³/mol. The van der Waals surface area contributed by atoms with Crippen LogP contribution in [0.2, 0.25) is 0 Å². The molecule has 0 saturated carbocycles. The summed E-state index contributed by atoms with van der Waals surface area (Å²) in [4.78, 5) is 39.0. The average Bonchev–Trinajstić information content (AvgIpc) is 3.03. The van der Waals surface area contributed by atoms with Crippen LogP contribution in [0.4, 0.5) is 13.6 Å². The van der Waals surface area contributed by atoms with E-state index in [4.69, 9.17) is 9.47 Å². The van der Waals surface area contributed by atoms with E-state index >= 15 is 0 Å². The van der Waals surface area contributed by atoms with E-state index in [0.29, 0.717) is 13.1 Å². The predicted octanol–water partition coefficient (Wildman–Crippen LogP) is 3.76. The minimum atomic E-state index is -3.04. The van der Waals surface area contributed by atoms with Gasteiger partial charge < -0.3 is 19.7 Å². The molecule has 1 aliphatic rings. The third-order valence-corrected chi connectivity index (χ3v) is 5.05. The first-order valence-corrected chi connectivity index (χ1v) is 10.7. The first kappa shape index (κ1) is 25.5. The lowest BCUT2D eigenvalue weighted by atomic mass is 10.00. The molecule has 1 aromatic carbocycles. The van der Waals surface area contributed by atoms with Gasteiger partial charge in [-0.2, -0.15) is 0 Å². The van der Waals surface area contributed by atoms with Gasteiger partial charge in [-0.15, -0.1) is 0 Å². The van der Waals surface area contributed by atoms with Gasteiger partial charge in [0.15, 0.2) is 6.10 Å². The highest BCUT2D eigenvalue weighted by Gasteiger charge is 2.45. The zero-order valence-corrected chi connectivity index (χ0v) is 19.1. The molecule has 1 saturated heterocycles. The lowest BCUT2D eigenvalue weighted by molar-refractivity contribution is -0.168. The Morgan fingerprint density at radius 2 is 1.81 bits per heavy atom. The molecule has 0 bridgehead atoms. The number of nitrogens with zero attached hydrogens (tertiary/aromatic N) is 1. The number of amides is 2. The Balaban J connectivity index is 2.07. The summed E-state index contributed by atoms with van der Waals surface area (Å²) in [5.74, 6) is -3.09. The van der Waals surface area contributed by atoms with Crippen LogP contribution in [-0.2, 0) is 25.6 Å². The molecule has 3 atom stereocenters. The lowest BCUT2D eigenvalue weighted by Gasteiger charge is -2.28. The van der Waals surface area contributed by atoms with Crippen LogP contribution in [0.25, 0.3) is 0 Å². The highest BCUT2D eigenvalue weighted by molar-refractivity contribution is 5.84. The van der Waals surface area contributed by atoms with E-state index in [9.17, 15) is 23.2 Å². The normalized spacial score (nSPS) is 18.6. The van der Waals surface area contributed by atoms with Crippen LogP contribution in [-0.4, -0.2) is 53.6 Å². The maximum atomic E-state index is 13.8. The highest BCUT2D eigenvalue weighted by Crippen LogP contribution is 2.29. The van der Waals surface area contributed by atoms with Gasteiger partial charge in [0.05, 0.1) is 5.92 Å². The summed E-state index contributed by atoms with van der Waals surface area (Å²) < 4.78 is 37.9. The number of hydrogen-bond donors (Lipinski definition) is 1. The molecule has 3 unspecified atom stereocenters. The summed E-state index contributed by atoms with van der Waals surface area (Å²) in [6, 6.07) is 8.02. The van der Waals surface area contributed by atoms with Gasteiger partial charge in [-0.3, -0.25) is 4.79 Å². The third kappa shape index (κ3) is 7.17. The molecule has 178 valence electrons. The monoisotopic (exact) mass is 454 g/mol. The van der Waals surface area contributed by atoms with Gasteiger partial charge >= 0.3 is 12.1 Å². The van der Waals surface area contributed by atoms with Crippen molar-refractivity contribution < 1.29 is 32.6 Å². The van der Waals surface area contributed by atoms with Gasteiger partial charge in [-0.05, 0) is 38.7 Å². The SMILES string of the molecule is CC(C)C(NC(=O)OC(C)(C)C)C(=O)OC(C(F)F)C1CCN(Cc2ccccc2)C1=O. The van der Waals surface area contributed by atoms with Crippen LogP contribution in [0.3, 0.4) is 0 Å². The van der Waals surface area contributed by atoms with Crippen molar-refractivity contribution in [2.45, 2.75) is 71.8 Å². The van der Waals surface area contributed by atoms with Crippen LogP contribution >= 0.6 is 0 Å². The van der Waals surface area contributed by atoms with Crippen molar-refractivity contribution in [2.75, 3.05) is 6.54 Å². The van der Waals surface area contributed by atoms with Gasteiger partial charge in [-0.1, -0.05) is 44.2 Å². The van der Waals surface area contributed by atoms with Crippen molar-refractivity contribution >= 4 is 18.0 Å². The van der Waals surface area contributed by atoms with Crippen LogP contribution in [0.1, 0.15) is 46.6 Å². The van der Waals surface area contributed by atoms with Crippen LogP contribution in [0.15, 0.2) is 30.3 Å². The quantitative estimate of drug-likeness (QED) is 0.605. The van der Waals surface area contributed by atoms with E-state index in [2.05, 4.69) is 5.32 Å². The van der Waals surface area contributed by atoms with Gasteiger partial charge in [0.1, 0.15) is 11.6 Å². The molecule has 0 spiro atoms. The number of benzene rings is 1. The number of carbonyl (C=O) groups excluding carboxylic acids is 3. The molecule has 1 N–H and O–H groups in total. The lowest BCUT2D eigenvalue weighted by Crippen LogP contribution is -2.49. The Morgan fingerprint density at radius 3 is 2.34 bits per heavy atom. The summed E-state index contributed by atoms with van der Waals surface area (Å²) >= 11 is 0. The fourth-order valence-electron chi connectivity index (χ4n) is 3.48. The second-order valence-electron chi connectivity index (χ2n) is 9.24. The number of likely N-dealkylation sites (tertiary alicyclic amines) is 1. The second-order valence-corrected chi connectivity index (χ2v) is 9.24. The zero-order valence-electron chi connectivity index (χ0n) is 19.1. The second kappa shape index (κ2) is 10.7. The van der Waals surface area contributed by atoms with E-state index in [0.717, 1.165) is 5.56 Å². The Hall–Kier alpha value is -2.71. The van der Waals surface area contributed by atoms with E-state index in [-0.39, 0.29) is 6.42 Å². The molecule has 0 aliphatic carbocycles. The summed E-state index contributed by atoms with van der Waals surface area (Å²) in [6.45, 7) is 8.86. The van der Waals surface area contributed by atoms with Crippen LogP contribution < -0.4 is 5.32 Å². The van der Waals surface area contributed by atoms with Crippen molar-refractivity contribution in [1.82, 2.24) is 10.2 Å². The molecular formula is C23H32F2N2O5. The summed E-state index contributed by atoms with van der Waals surface area (Å²) in [5, 5.41) is 2.38. The highest BCUT2D eigenvalue weighted by atomic mass is 19.3. The Bertz CT molecular complexity index is 795. The van der Waals surface area contributed by atoms with Crippen LogP contribution in [0, 0.1) is 11.8 Å². The van der Waals surface area contributed by atoms with E-state index in [1.165, 1.54) is 4.90 Å². The van der Waals surface area contributed by atoms with Crippen molar-refractivity contribution in [3.8, 4) is 0 Å². The van der Waals surface area contributed by atoms with E-state index < -0.39 is 54.0 Å². The zero-order chi connectivity index (χ0) is 24.1. The Kier molecular flexibility index (Phi) is 8.58. The molecule has 1 heterocycles. The molecule has 7 nitrogen and oxygen atoms in total. The van der Waals surface area contributed by atoms with Crippen LogP contribution in [0.5, 0.6) is 0 Å². The van der Waals surface area contributed by atoms with Gasteiger partial charge in [0.25, 0.3) is 6.43 Å². The fraction of sp³-hybridized carbons (Fsp3) is 0.609. The van der Waals surface area contributed by atoms with E-state index in [1.54, 1.807) is 34.6 Å². The first-order chi connectivity index (χ1) is 14.9. The number of rotatable bonds is 8. The molecule has 32 heavy (non-hydrogen) atoms. The molecule has 2 amide bonds. The summed E-state index contributed by atoms with van der Waals surface area (Å²) in [7, 11) is 0. The topological polar surface area (TPSA) is 84.9 Å². The summed E-state index contributed by atoms with van der Waals surface area (Å²) in [5.41, 5.74) is 0.0907. The molecule has 9 heteroatoms. The number of esters is 1. The standard InChI is InChI=1S/C23H32F2N2O5/c1-14(2)17(26-22(30)32-23(3,4)5)21(29)31-18(19(24)25)16-11-12-27(20(16)28)13-15-9-7-6-8-10-15/h6-10,14,16-19H,11-13H2,1-5H3,(H,26,30). The minimum absolute atomic E-state index is 0.153. The maximum absolute atomic E-state index is 13.8. The fourth-order valence-corrected chi connectivity index (χ4v) is 3.48. The van der Waals surface area contributed by atoms with Gasteiger partial charge in [-0.25, -0.2) is 18.4 Å². The van der Waals surface area contributed by atoms with Gasteiger partial charge in [0.2, 0.25) is 5.91 Å². The number of nitrogens with one attached hydrogen (secondary N) is 1. The molecule has 1 fully saturated rings. The molecular weight excluding hydrogens is 422 g/mol. The van der Waals surface area contributed by atoms with Crippen molar-refractivity contribution in [1.29, 1.82) is 0 Å². The first-order valence-electron chi connectivity index (χ1n) is 10.7. The molecule has 0 aromatic heterocycles. The minimum Gasteiger partial charge on any atom is -0.454 e. The number of hydrogen-bond acceptors (Lipinski definition) is 5. The molecule has 1 aromatic rings. The number of carbonyl (C=O) groups is 3. The molecule has 1 aliphatic heterocycles. The molecule has 2 rings (SSSR count). The Morgan fingerprint density at radius 1 is 1.19 bits per heavy atom. The number of halogens is 2. The Labute approximate surface area is 187 Å².